The Hall–Kier alpha value is -3.73. The summed E-state index contributed by atoms with van der Waals surface area (Å²) in [7, 11) is 0. The molecule has 0 unspecified atom stereocenters. The van der Waals surface area contributed by atoms with Crippen LogP contribution in [0.1, 0.15) is 42.3 Å². The number of carbonyl (C=O) groups is 2. The average Bonchev–Trinajstić information content (AvgIpc) is 2.61. The van der Waals surface area contributed by atoms with Gasteiger partial charge in [0, 0.05) is 11.3 Å². The van der Waals surface area contributed by atoms with Gasteiger partial charge in [0.15, 0.2) is 0 Å². The Balaban J connectivity index is 2.05. The van der Waals surface area contributed by atoms with Crippen LogP contribution in [0.15, 0.2) is 42.5 Å². The largest absolute Gasteiger partial charge is 0.444 e. The third-order valence-electron chi connectivity index (χ3n) is 3.40. The number of amidine groups is 1. The second kappa shape index (κ2) is 8.31. The second-order valence-electron chi connectivity index (χ2n) is 6.84. The smallest absolute Gasteiger partial charge is 0.413 e. The third-order valence-corrected chi connectivity index (χ3v) is 3.40. The molecule has 0 aromatic heterocycles. The van der Waals surface area contributed by atoms with Crippen LogP contribution < -0.4 is 10.6 Å². The fourth-order valence-electron chi connectivity index (χ4n) is 2.17. The second-order valence-corrected chi connectivity index (χ2v) is 6.84. The number of carbonyl (C=O) groups excluding carboxylic acids is 2. The Kier molecular flexibility index (Phi) is 6.11. The highest BCUT2D eigenvalue weighted by atomic mass is 19.1. The van der Waals surface area contributed by atoms with Crippen LogP contribution in [0, 0.1) is 22.6 Å². The number of hydrogen-bond donors (Lipinski definition) is 3. The van der Waals surface area contributed by atoms with Crippen LogP contribution in [0.2, 0.25) is 0 Å². The van der Waals surface area contributed by atoms with Crippen LogP contribution in [0.5, 0.6) is 0 Å². The molecule has 0 aliphatic carbocycles. The highest BCUT2D eigenvalue weighted by Crippen LogP contribution is 2.15. The van der Waals surface area contributed by atoms with Gasteiger partial charge in [0.05, 0.1) is 17.2 Å². The van der Waals surface area contributed by atoms with E-state index in [9.17, 15) is 14.0 Å². The van der Waals surface area contributed by atoms with E-state index in [1.54, 1.807) is 20.8 Å². The van der Waals surface area contributed by atoms with Crippen molar-refractivity contribution >= 4 is 23.5 Å². The number of ether oxygens (including phenoxy) is 1. The molecule has 0 saturated heterocycles. The van der Waals surface area contributed by atoms with E-state index in [1.807, 2.05) is 6.07 Å². The van der Waals surface area contributed by atoms with Gasteiger partial charge in [0.2, 0.25) is 0 Å². The number of halogens is 1. The van der Waals surface area contributed by atoms with Crippen molar-refractivity contribution in [2.45, 2.75) is 26.4 Å². The topological polar surface area (TPSA) is 115 Å². The number of nitriles is 1. The van der Waals surface area contributed by atoms with Gasteiger partial charge in [0.1, 0.15) is 17.3 Å². The summed E-state index contributed by atoms with van der Waals surface area (Å²) in [5, 5.41) is 21.6. The summed E-state index contributed by atoms with van der Waals surface area (Å²) in [6, 6.07) is 11.4. The first-order chi connectivity index (χ1) is 13.1. The van der Waals surface area contributed by atoms with Crippen molar-refractivity contribution in [2.75, 3.05) is 5.32 Å². The Morgan fingerprint density at radius 1 is 1.14 bits per heavy atom. The molecule has 2 amide bonds. The number of rotatable bonds is 3. The monoisotopic (exact) mass is 382 g/mol. The predicted octanol–water partition coefficient (Wildman–Crippen LogP) is 3.80. The van der Waals surface area contributed by atoms with E-state index >= 15 is 0 Å². The van der Waals surface area contributed by atoms with E-state index in [2.05, 4.69) is 10.6 Å². The highest BCUT2D eigenvalue weighted by Gasteiger charge is 2.18. The van der Waals surface area contributed by atoms with Gasteiger partial charge in [-0.2, -0.15) is 5.26 Å². The number of amides is 2. The van der Waals surface area contributed by atoms with Crippen molar-refractivity contribution in [3.63, 3.8) is 0 Å². The molecular formula is C20H19FN4O3. The lowest BCUT2D eigenvalue weighted by atomic mass is 10.1. The first kappa shape index (κ1) is 20.6. The van der Waals surface area contributed by atoms with E-state index in [-0.39, 0.29) is 17.0 Å². The minimum absolute atomic E-state index is 0.167. The number of hydrogen-bond acceptors (Lipinski definition) is 5. The molecule has 2 aromatic rings. The molecular weight excluding hydrogens is 363 g/mol. The minimum Gasteiger partial charge on any atom is -0.444 e. The number of anilines is 1. The van der Waals surface area contributed by atoms with Crippen LogP contribution in [0.25, 0.3) is 0 Å². The van der Waals surface area contributed by atoms with E-state index in [0.717, 1.165) is 6.07 Å². The Morgan fingerprint density at radius 3 is 2.36 bits per heavy atom. The van der Waals surface area contributed by atoms with E-state index < -0.39 is 23.4 Å². The van der Waals surface area contributed by atoms with Crippen molar-refractivity contribution < 1.29 is 18.7 Å². The molecule has 7 nitrogen and oxygen atoms in total. The van der Waals surface area contributed by atoms with Crippen LogP contribution in [0.3, 0.4) is 0 Å². The molecule has 8 heteroatoms. The first-order valence-electron chi connectivity index (χ1n) is 8.29. The molecule has 28 heavy (non-hydrogen) atoms. The zero-order valence-corrected chi connectivity index (χ0v) is 15.6. The summed E-state index contributed by atoms with van der Waals surface area (Å²) in [5.41, 5.74) is -0.00972. The standard InChI is InChI=1S/C20H19FN4O3/c1-20(2,3)28-19(27)25-17(23)13-5-7-14(8-6-13)24-18(26)15-10-12(11-22)4-9-16(15)21/h4-10H,1-3H3,(H,24,26)(H2,23,25,27). The number of benzene rings is 2. The van der Waals surface area contributed by atoms with Crippen LogP contribution in [0.4, 0.5) is 14.9 Å². The fraction of sp³-hybridized carbons (Fsp3) is 0.200. The zero-order valence-electron chi connectivity index (χ0n) is 15.6. The quantitative estimate of drug-likeness (QED) is 0.553. The molecule has 0 bridgehead atoms. The summed E-state index contributed by atoms with van der Waals surface area (Å²) < 4.78 is 18.9. The Labute approximate surface area is 161 Å². The van der Waals surface area contributed by atoms with Gasteiger partial charge in [-0.05, 0) is 63.2 Å². The predicted molar refractivity (Wildman–Crippen MR) is 102 cm³/mol. The SMILES string of the molecule is CC(C)(C)OC(=O)NC(=N)c1ccc(NC(=O)c2cc(C#N)ccc2F)cc1. The van der Waals surface area contributed by atoms with Crippen molar-refractivity contribution in [2.24, 2.45) is 0 Å². The number of alkyl carbamates (subject to hydrolysis) is 1. The molecule has 0 heterocycles. The van der Waals surface area contributed by atoms with E-state index in [4.69, 9.17) is 15.4 Å². The van der Waals surface area contributed by atoms with E-state index in [0.29, 0.717) is 11.3 Å². The molecule has 0 spiro atoms. The van der Waals surface area contributed by atoms with Crippen LogP contribution >= 0.6 is 0 Å². The maximum atomic E-state index is 13.8. The fourth-order valence-corrected chi connectivity index (χ4v) is 2.17. The van der Waals surface area contributed by atoms with Gasteiger partial charge < -0.3 is 10.1 Å². The normalized spacial score (nSPS) is 10.5. The molecule has 2 rings (SSSR count). The van der Waals surface area contributed by atoms with Gasteiger partial charge in [-0.25, -0.2) is 9.18 Å². The van der Waals surface area contributed by atoms with Crippen molar-refractivity contribution in [3.05, 3.63) is 65.0 Å². The Bertz CT molecular complexity index is 957. The van der Waals surface area contributed by atoms with Crippen LogP contribution in [-0.2, 0) is 4.74 Å². The lowest BCUT2D eigenvalue weighted by Crippen LogP contribution is -2.36. The molecule has 144 valence electrons. The van der Waals surface area contributed by atoms with Crippen molar-refractivity contribution in [1.29, 1.82) is 10.7 Å². The Morgan fingerprint density at radius 2 is 1.79 bits per heavy atom. The molecule has 3 N–H and O–H groups in total. The summed E-state index contributed by atoms with van der Waals surface area (Å²) in [5.74, 6) is -1.61. The molecule has 0 fully saturated rings. The maximum absolute atomic E-state index is 13.8. The average molecular weight is 382 g/mol. The van der Waals surface area contributed by atoms with Crippen molar-refractivity contribution in [1.82, 2.24) is 5.32 Å². The van der Waals surface area contributed by atoms with Crippen LogP contribution in [-0.4, -0.2) is 23.4 Å². The molecule has 0 aliphatic rings. The van der Waals surface area contributed by atoms with E-state index in [1.165, 1.54) is 36.4 Å². The van der Waals surface area contributed by atoms with Gasteiger partial charge >= 0.3 is 6.09 Å². The van der Waals surface area contributed by atoms with Crippen molar-refractivity contribution in [3.8, 4) is 6.07 Å². The summed E-state index contributed by atoms with van der Waals surface area (Å²) in [6.07, 6.45) is -0.747. The van der Waals surface area contributed by atoms with Gasteiger partial charge in [-0.3, -0.25) is 15.5 Å². The third kappa shape index (κ3) is 5.64. The lowest BCUT2D eigenvalue weighted by molar-refractivity contribution is 0.0563. The summed E-state index contributed by atoms with van der Waals surface area (Å²) >= 11 is 0. The molecule has 0 radical (unpaired) electrons. The number of nitrogens with one attached hydrogen (secondary N) is 3. The lowest BCUT2D eigenvalue weighted by Gasteiger charge is -2.19. The minimum atomic E-state index is -0.747. The summed E-state index contributed by atoms with van der Waals surface area (Å²) in [6.45, 7) is 5.13. The zero-order chi connectivity index (χ0) is 20.9. The maximum Gasteiger partial charge on any atom is 0.413 e. The van der Waals surface area contributed by atoms with Gasteiger partial charge in [0.25, 0.3) is 5.91 Å². The molecule has 0 saturated carbocycles. The molecule has 2 aromatic carbocycles. The highest BCUT2D eigenvalue weighted by molar-refractivity contribution is 6.06. The summed E-state index contributed by atoms with van der Waals surface area (Å²) in [4.78, 5) is 23.9. The number of nitrogens with zero attached hydrogens (tertiary/aromatic N) is 1. The molecule has 0 atom stereocenters. The molecule has 0 aliphatic heterocycles. The van der Waals surface area contributed by atoms with Gasteiger partial charge in [-0.15, -0.1) is 0 Å². The van der Waals surface area contributed by atoms with Gasteiger partial charge in [-0.1, -0.05) is 0 Å². The first-order valence-corrected chi connectivity index (χ1v) is 8.29.